The van der Waals surface area contributed by atoms with Crippen LogP contribution < -0.4 is 5.32 Å². The highest BCUT2D eigenvalue weighted by molar-refractivity contribution is 5.85. The molecule has 0 spiro atoms. The van der Waals surface area contributed by atoms with E-state index in [0.717, 1.165) is 48.2 Å². The van der Waals surface area contributed by atoms with Gasteiger partial charge in [-0.2, -0.15) is 0 Å². The van der Waals surface area contributed by atoms with Crippen molar-refractivity contribution in [2.45, 2.75) is 44.6 Å². The first-order valence-electron chi connectivity index (χ1n) is 11.0. The van der Waals surface area contributed by atoms with Crippen LogP contribution in [0.15, 0.2) is 48.5 Å². The van der Waals surface area contributed by atoms with Crippen molar-refractivity contribution in [1.29, 1.82) is 0 Å². The molecule has 2 N–H and O–H groups in total. The molecule has 7 heteroatoms. The molecule has 0 heterocycles. The minimum atomic E-state index is -1.04. The predicted molar refractivity (Wildman–Crippen MR) is 129 cm³/mol. The van der Waals surface area contributed by atoms with E-state index in [1.54, 1.807) is 0 Å². The maximum atomic E-state index is 12.4. The molecule has 1 amide bonds. The molecule has 0 unspecified atom stereocenters. The lowest BCUT2D eigenvalue weighted by molar-refractivity contribution is -0.139. The van der Waals surface area contributed by atoms with Crippen LogP contribution in [0, 0.1) is 0 Å². The number of hydrogen-bond acceptors (Lipinski definition) is 4. The number of carboxylic acids is 1. The van der Waals surface area contributed by atoms with Crippen LogP contribution in [0.1, 0.15) is 49.7 Å². The van der Waals surface area contributed by atoms with Gasteiger partial charge < -0.3 is 20.1 Å². The van der Waals surface area contributed by atoms with E-state index in [1.807, 2.05) is 31.3 Å². The Morgan fingerprint density at radius 1 is 1.03 bits per heavy atom. The van der Waals surface area contributed by atoms with E-state index in [9.17, 15) is 14.7 Å². The zero-order chi connectivity index (χ0) is 22.2. The quantitative estimate of drug-likeness (QED) is 0.498. The summed E-state index contributed by atoms with van der Waals surface area (Å²) in [6.45, 7) is 4.11. The molecule has 32 heavy (non-hydrogen) atoms. The molecule has 1 aliphatic carbocycles. The molecule has 3 rings (SSSR count). The minimum Gasteiger partial charge on any atom is -0.480 e. The summed E-state index contributed by atoms with van der Waals surface area (Å²) >= 11 is 0. The lowest BCUT2D eigenvalue weighted by Gasteiger charge is -2.19. The molecule has 0 radical (unpaired) electrons. The van der Waals surface area contributed by atoms with Crippen LogP contribution in [0.25, 0.3) is 11.1 Å². The highest BCUT2D eigenvalue weighted by Crippen LogP contribution is 2.44. The molecule has 0 saturated heterocycles. The Bertz CT molecular complexity index is 860. The first-order valence-corrected chi connectivity index (χ1v) is 11.0. The van der Waals surface area contributed by atoms with E-state index in [0.29, 0.717) is 12.8 Å². The average molecular weight is 461 g/mol. The summed E-state index contributed by atoms with van der Waals surface area (Å²) in [7, 11) is 2.03. The lowest BCUT2D eigenvalue weighted by Crippen LogP contribution is -2.41. The number of unbranched alkanes of at least 4 members (excludes halogenated alkanes) is 1. The molecule has 1 aliphatic rings. The van der Waals surface area contributed by atoms with Crippen molar-refractivity contribution in [3.8, 4) is 11.1 Å². The van der Waals surface area contributed by atoms with Gasteiger partial charge in [0.05, 0.1) is 0 Å². The van der Waals surface area contributed by atoms with Gasteiger partial charge in [-0.1, -0.05) is 61.9 Å². The van der Waals surface area contributed by atoms with E-state index in [1.165, 1.54) is 0 Å². The molecule has 1 atom stereocenters. The molecule has 0 bridgehead atoms. The average Bonchev–Trinajstić information content (AvgIpc) is 3.09. The smallest absolute Gasteiger partial charge is 0.407 e. The number of rotatable bonds is 11. The molecule has 0 aliphatic heterocycles. The van der Waals surface area contributed by atoms with Crippen molar-refractivity contribution in [2.75, 3.05) is 26.7 Å². The third kappa shape index (κ3) is 6.47. The van der Waals surface area contributed by atoms with Crippen molar-refractivity contribution in [2.24, 2.45) is 0 Å². The molecule has 0 fully saturated rings. The summed E-state index contributed by atoms with van der Waals surface area (Å²) in [4.78, 5) is 26.1. The van der Waals surface area contributed by atoms with Gasteiger partial charge in [0.1, 0.15) is 12.6 Å². The number of benzene rings is 2. The van der Waals surface area contributed by atoms with Crippen LogP contribution in [0.2, 0.25) is 0 Å². The van der Waals surface area contributed by atoms with Crippen molar-refractivity contribution in [3.05, 3.63) is 59.7 Å². The second kappa shape index (κ2) is 12.5. The van der Waals surface area contributed by atoms with Gasteiger partial charge in [-0.15, -0.1) is 12.4 Å². The standard InChI is InChI=1S/C25H32N2O4.ClH/c1-3-4-15-27(2)16-9-14-23(24(28)29)26-25(30)31-17-22-20-12-7-5-10-18(20)19-11-6-8-13-21(19)22;/h5-8,10-13,22-23H,3-4,9,14-17H2,1-2H3,(H,26,30)(H,28,29);1H/t23-;/m0./s1. The molecule has 6 nitrogen and oxygen atoms in total. The Labute approximate surface area is 196 Å². The molecule has 0 aromatic heterocycles. The summed E-state index contributed by atoms with van der Waals surface area (Å²) in [6, 6.07) is 15.3. The Balaban J connectivity index is 0.00000363. The van der Waals surface area contributed by atoms with Gasteiger partial charge in [0.25, 0.3) is 0 Å². The molecule has 2 aromatic rings. The Morgan fingerprint density at radius 3 is 2.16 bits per heavy atom. The third-order valence-electron chi connectivity index (χ3n) is 5.86. The van der Waals surface area contributed by atoms with E-state index in [2.05, 4.69) is 41.4 Å². The second-order valence-corrected chi connectivity index (χ2v) is 8.16. The highest BCUT2D eigenvalue weighted by Gasteiger charge is 2.29. The third-order valence-corrected chi connectivity index (χ3v) is 5.86. The first-order chi connectivity index (χ1) is 15.0. The van der Waals surface area contributed by atoms with E-state index in [4.69, 9.17) is 4.74 Å². The summed E-state index contributed by atoms with van der Waals surface area (Å²) in [5, 5.41) is 12.0. The molecule has 2 aromatic carbocycles. The van der Waals surface area contributed by atoms with E-state index in [-0.39, 0.29) is 24.9 Å². The van der Waals surface area contributed by atoms with Crippen LogP contribution in [0.3, 0.4) is 0 Å². The SMILES string of the molecule is CCCCN(C)CCC[C@H](NC(=O)OCC1c2ccccc2-c2ccccc21)C(=O)O.Cl. The predicted octanol–water partition coefficient (Wildman–Crippen LogP) is 4.91. The Kier molecular flexibility index (Phi) is 10.0. The number of amides is 1. The fourth-order valence-corrected chi connectivity index (χ4v) is 4.14. The number of carbonyl (C=O) groups excluding carboxylic acids is 1. The first kappa shape index (κ1) is 25.7. The molecule has 0 saturated carbocycles. The maximum absolute atomic E-state index is 12.4. The topological polar surface area (TPSA) is 78.9 Å². The van der Waals surface area contributed by atoms with Gasteiger partial charge in [-0.05, 0) is 61.7 Å². The van der Waals surface area contributed by atoms with Crippen LogP contribution in [0.5, 0.6) is 0 Å². The number of halogens is 1. The number of carboxylic acid groups (broad SMARTS) is 1. The van der Waals surface area contributed by atoms with Gasteiger partial charge in [-0.25, -0.2) is 9.59 Å². The summed E-state index contributed by atoms with van der Waals surface area (Å²) in [5.41, 5.74) is 4.56. The van der Waals surface area contributed by atoms with Crippen molar-refractivity contribution in [3.63, 3.8) is 0 Å². The summed E-state index contributed by atoms with van der Waals surface area (Å²) in [5.74, 6) is -1.08. The van der Waals surface area contributed by atoms with E-state index >= 15 is 0 Å². The van der Waals surface area contributed by atoms with Crippen LogP contribution >= 0.6 is 12.4 Å². The largest absolute Gasteiger partial charge is 0.480 e. The van der Waals surface area contributed by atoms with Gasteiger partial charge >= 0.3 is 12.1 Å². The summed E-state index contributed by atoms with van der Waals surface area (Å²) < 4.78 is 5.48. The van der Waals surface area contributed by atoms with Crippen LogP contribution in [0.4, 0.5) is 4.79 Å². The highest BCUT2D eigenvalue weighted by atomic mass is 35.5. The second-order valence-electron chi connectivity index (χ2n) is 8.16. The summed E-state index contributed by atoms with van der Waals surface area (Å²) in [6.07, 6.45) is 2.63. The number of aliphatic carboxylic acids is 1. The van der Waals surface area contributed by atoms with Crippen molar-refractivity contribution < 1.29 is 19.4 Å². The minimum absolute atomic E-state index is 0. The Morgan fingerprint density at radius 2 is 1.59 bits per heavy atom. The fourth-order valence-electron chi connectivity index (χ4n) is 4.14. The van der Waals surface area contributed by atoms with Crippen LogP contribution in [-0.4, -0.2) is 54.9 Å². The van der Waals surface area contributed by atoms with Gasteiger partial charge in [0.15, 0.2) is 0 Å². The van der Waals surface area contributed by atoms with Crippen LogP contribution in [-0.2, 0) is 9.53 Å². The van der Waals surface area contributed by atoms with Crippen molar-refractivity contribution >= 4 is 24.5 Å². The number of ether oxygens (including phenoxy) is 1. The zero-order valence-electron chi connectivity index (χ0n) is 18.8. The fraction of sp³-hybridized carbons (Fsp3) is 0.440. The number of alkyl carbamates (subject to hydrolysis) is 1. The lowest BCUT2D eigenvalue weighted by atomic mass is 9.98. The molecule has 174 valence electrons. The number of nitrogens with one attached hydrogen (secondary N) is 1. The van der Waals surface area contributed by atoms with Crippen molar-refractivity contribution in [1.82, 2.24) is 10.2 Å². The van der Waals surface area contributed by atoms with E-state index < -0.39 is 18.1 Å². The molecular formula is C25H33ClN2O4. The monoisotopic (exact) mass is 460 g/mol. The number of nitrogens with zero attached hydrogens (tertiary/aromatic N) is 1. The number of fused-ring (bicyclic) bond motifs is 3. The number of carbonyl (C=O) groups is 2. The Hall–Kier alpha value is -2.57. The van der Waals surface area contributed by atoms with Gasteiger partial charge in [-0.3, -0.25) is 0 Å². The van der Waals surface area contributed by atoms with Gasteiger partial charge in [0, 0.05) is 5.92 Å². The zero-order valence-corrected chi connectivity index (χ0v) is 19.6. The molecular weight excluding hydrogens is 428 g/mol. The van der Waals surface area contributed by atoms with Gasteiger partial charge in [0.2, 0.25) is 0 Å². The normalized spacial score (nSPS) is 13.1. The maximum Gasteiger partial charge on any atom is 0.407 e. The number of hydrogen-bond donors (Lipinski definition) is 2.